The minimum atomic E-state index is -2.29. The molecular formula is C21H21N6O3S-. The number of carbonyl (C=O) groups is 1. The Balaban J connectivity index is 1.43. The quantitative estimate of drug-likeness (QED) is 0.517. The van der Waals surface area contributed by atoms with Crippen LogP contribution in [0, 0.1) is 0 Å². The number of pyridine rings is 1. The predicted octanol–water partition coefficient (Wildman–Crippen LogP) is 2.12. The second-order valence-corrected chi connectivity index (χ2v) is 8.26. The van der Waals surface area contributed by atoms with Crippen LogP contribution < -0.4 is 10.6 Å². The number of fused-ring (bicyclic) bond motifs is 1. The van der Waals surface area contributed by atoms with E-state index < -0.39 is 11.3 Å². The van der Waals surface area contributed by atoms with Crippen molar-refractivity contribution in [1.29, 1.82) is 0 Å². The minimum Gasteiger partial charge on any atom is -0.760 e. The maximum Gasteiger partial charge on any atom is 0.228 e. The Morgan fingerprint density at radius 1 is 1.19 bits per heavy atom. The molecule has 160 valence electrons. The van der Waals surface area contributed by atoms with Crippen molar-refractivity contribution in [2.45, 2.75) is 25.8 Å². The molecule has 2 aromatic heterocycles. The standard InChI is InChI=1S/C21H22N6O3S/c1-27(31(29)30)13-19-14(3-2-9-22-19)4-5-16-8-10-23-21(24-16)25-17-6-7-18-15(11-17)12-20(28)26-18/h2-3,6-11H,4-5,12-13H2,1H3,(H,26,28)(H,29,30)(H,23,24,25)/p-1. The highest BCUT2D eigenvalue weighted by Gasteiger charge is 2.17. The molecular weight excluding hydrogens is 416 g/mol. The molecule has 0 radical (unpaired) electrons. The molecule has 1 aliphatic heterocycles. The van der Waals surface area contributed by atoms with Crippen LogP contribution in [-0.4, -0.2) is 41.0 Å². The summed E-state index contributed by atoms with van der Waals surface area (Å²) in [6.07, 6.45) is 5.05. The van der Waals surface area contributed by atoms with Gasteiger partial charge in [-0.3, -0.25) is 14.0 Å². The van der Waals surface area contributed by atoms with E-state index in [0.29, 0.717) is 25.2 Å². The van der Waals surface area contributed by atoms with E-state index in [4.69, 9.17) is 0 Å². The summed E-state index contributed by atoms with van der Waals surface area (Å²) in [5.41, 5.74) is 5.15. The molecule has 3 aromatic rings. The first-order chi connectivity index (χ1) is 15.0. The topological polar surface area (TPSA) is 123 Å². The summed E-state index contributed by atoms with van der Waals surface area (Å²) >= 11 is -2.29. The van der Waals surface area contributed by atoms with Crippen LogP contribution in [0.1, 0.15) is 22.5 Å². The zero-order chi connectivity index (χ0) is 21.8. The highest BCUT2D eigenvalue weighted by atomic mass is 32.2. The Labute approximate surface area is 182 Å². The van der Waals surface area contributed by atoms with Gasteiger partial charge in [0.05, 0.1) is 18.7 Å². The largest absolute Gasteiger partial charge is 0.760 e. The third-order valence-electron chi connectivity index (χ3n) is 4.96. The van der Waals surface area contributed by atoms with Gasteiger partial charge in [-0.15, -0.1) is 0 Å². The van der Waals surface area contributed by atoms with Crippen molar-refractivity contribution in [3.05, 3.63) is 71.3 Å². The van der Waals surface area contributed by atoms with E-state index >= 15 is 0 Å². The Hall–Kier alpha value is -3.21. The molecule has 0 spiro atoms. The Morgan fingerprint density at radius 3 is 2.90 bits per heavy atom. The summed E-state index contributed by atoms with van der Waals surface area (Å²) in [5, 5.41) is 6.00. The summed E-state index contributed by atoms with van der Waals surface area (Å²) in [4.78, 5) is 24.7. The Kier molecular flexibility index (Phi) is 6.31. The third kappa shape index (κ3) is 5.29. The zero-order valence-electron chi connectivity index (χ0n) is 16.9. The third-order valence-corrected chi connectivity index (χ3v) is 5.60. The molecule has 31 heavy (non-hydrogen) atoms. The van der Waals surface area contributed by atoms with E-state index in [-0.39, 0.29) is 12.5 Å². The minimum absolute atomic E-state index is 0.00662. The number of hydrogen-bond acceptors (Lipinski definition) is 7. The summed E-state index contributed by atoms with van der Waals surface area (Å²) in [7, 11) is 1.51. The van der Waals surface area contributed by atoms with Gasteiger partial charge in [0.15, 0.2) is 0 Å². The molecule has 1 atom stereocenters. The average molecular weight is 438 g/mol. The number of rotatable bonds is 8. The highest BCUT2D eigenvalue weighted by molar-refractivity contribution is 7.76. The first-order valence-corrected chi connectivity index (χ1v) is 10.8. The van der Waals surface area contributed by atoms with E-state index in [1.165, 1.54) is 11.4 Å². The van der Waals surface area contributed by atoms with Gasteiger partial charge in [-0.1, -0.05) is 6.07 Å². The number of hydrogen-bond donors (Lipinski definition) is 2. The predicted molar refractivity (Wildman–Crippen MR) is 116 cm³/mol. The fraction of sp³-hybridized carbons (Fsp3) is 0.238. The molecule has 0 saturated heterocycles. The molecule has 0 aliphatic carbocycles. The van der Waals surface area contributed by atoms with Crippen LogP contribution in [0.4, 0.5) is 17.3 Å². The van der Waals surface area contributed by atoms with Crippen LogP contribution in [0.2, 0.25) is 0 Å². The molecule has 4 rings (SSSR count). The summed E-state index contributed by atoms with van der Waals surface area (Å²) < 4.78 is 23.4. The van der Waals surface area contributed by atoms with Crippen molar-refractivity contribution < 1.29 is 13.6 Å². The van der Waals surface area contributed by atoms with Gasteiger partial charge in [-0.05, 0) is 61.3 Å². The van der Waals surface area contributed by atoms with E-state index in [2.05, 4.69) is 25.6 Å². The number of aromatic nitrogens is 3. The van der Waals surface area contributed by atoms with Crippen LogP contribution in [-0.2, 0) is 41.9 Å². The van der Waals surface area contributed by atoms with E-state index in [0.717, 1.165) is 33.9 Å². The van der Waals surface area contributed by atoms with Crippen molar-refractivity contribution in [2.24, 2.45) is 0 Å². The van der Waals surface area contributed by atoms with Gasteiger partial charge in [-0.2, -0.15) is 0 Å². The number of nitrogens with one attached hydrogen (secondary N) is 2. The maximum absolute atomic E-state index is 11.5. The van der Waals surface area contributed by atoms with Crippen LogP contribution in [0.25, 0.3) is 0 Å². The number of amides is 1. The van der Waals surface area contributed by atoms with Gasteiger partial charge in [0.1, 0.15) is 0 Å². The lowest BCUT2D eigenvalue weighted by molar-refractivity contribution is -0.115. The van der Waals surface area contributed by atoms with E-state index in [1.807, 2.05) is 36.4 Å². The maximum atomic E-state index is 11.5. The zero-order valence-corrected chi connectivity index (χ0v) is 17.7. The lowest BCUT2D eigenvalue weighted by Crippen LogP contribution is -2.21. The fourth-order valence-electron chi connectivity index (χ4n) is 3.40. The number of nitrogens with zero attached hydrogens (tertiary/aromatic N) is 4. The van der Waals surface area contributed by atoms with Crippen molar-refractivity contribution >= 4 is 34.5 Å². The van der Waals surface area contributed by atoms with E-state index in [1.54, 1.807) is 12.4 Å². The molecule has 10 heteroatoms. The van der Waals surface area contributed by atoms with Crippen LogP contribution in [0.3, 0.4) is 0 Å². The molecule has 3 heterocycles. The molecule has 1 aliphatic rings. The SMILES string of the molecule is CN(Cc1ncccc1CCc1ccnc(Nc2ccc3c(c2)CC(=O)N3)n1)S(=O)[O-]. The van der Waals surface area contributed by atoms with Gasteiger partial charge in [0.25, 0.3) is 0 Å². The monoisotopic (exact) mass is 437 g/mol. The molecule has 1 aromatic carbocycles. The molecule has 0 saturated carbocycles. The molecule has 0 fully saturated rings. The normalized spacial score (nSPS) is 13.7. The molecule has 1 unspecified atom stereocenters. The summed E-state index contributed by atoms with van der Waals surface area (Å²) in [6, 6.07) is 11.3. The van der Waals surface area contributed by atoms with Gasteiger partial charge in [0.2, 0.25) is 11.9 Å². The lowest BCUT2D eigenvalue weighted by Gasteiger charge is -2.19. The van der Waals surface area contributed by atoms with Crippen molar-refractivity contribution in [3.8, 4) is 0 Å². The molecule has 9 nitrogen and oxygen atoms in total. The molecule has 0 bridgehead atoms. The number of aryl methyl sites for hydroxylation is 2. The van der Waals surface area contributed by atoms with Crippen molar-refractivity contribution in [2.75, 3.05) is 17.7 Å². The number of benzene rings is 1. The average Bonchev–Trinajstić information content (AvgIpc) is 3.12. The second kappa shape index (κ2) is 9.29. The van der Waals surface area contributed by atoms with Gasteiger partial charge >= 0.3 is 0 Å². The Bertz CT molecular complexity index is 1140. The van der Waals surface area contributed by atoms with Gasteiger partial charge in [-0.25, -0.2) is 14.3 Å². The first kappa shape index (κ1) is 21.0. The van der Waals surface area contributed by atoms with Crippen LogP contribution in [0.5, 0.6) is 0 Å². The molecule has 1 amide bonds. The smallest absolute Gasteiger partial charge is 0.228 e. The van der Waals surface area contributed by atoms with Gasteiger partial charge < -0.3 is 15.2 Å². The fourth-order valence-corrected chi connectivity index (χ4v) is 3.63. The van der Waals surface area contributed by atoms with Crippen LogP contribution >= 0.6 is 0 Å². The summed E-state index contributed by atoms with van der Waals surface area (Å²) in [6.45, 7) is 0.221. The second-order valence-electron chi connectivity index (χ2n) is 7.21. The van der Waals surface area contributed by atoms with Crippen molar-refractivity contribution in [3.63, 3.8) is 0 Å². The van der Waals surface area contributed by atoms with Gasteiger partial charge in [0, 0.05) is 40.7 Å². The Morgan fingerprint density at radius 2 is 2.06 bits per heavy atom. The van der Waals surface area contributed by atoms with E-state index in [9.17, 15) is 13.6 Å². The lowest BCUT2D eigenvalue weighted by atomic mass is 10.1. The van der Waals surface area contributed by atoms with Crippen molar-refractivity contribution in [1.82, 2.24) is 19.3 Å². The van der Waals surface area contributed by atoms with Crippen LogP contribution in [0.15, 0.2) is 48.8 Å². The number of anilines is 3. The summed E-state index contributed by atoms with van der Waals surface area (Å²) in [5.74, 6) is 0.468. The number of carbonyl (C=O) groups excluding carboxylic acids is 1. The molecule has 2 N–H and O–H groups in total. The first-order valence-electron chi connectivity index (χ1n) is 9.73. The highest BCUT2D eigenvalue weighted by Crippen LogP contribution is 2.27.